The quantitative estimate of drug-likeness (QED) is 0.527. The van der Waals surface area contributed by atoms with Crippen LogP contribution >= 0.6 is 22.6 Å². The lowest BCUT2D eigenvalue weighted by molar-refractivity contribution is -0.359. The predicted octanol–water partition coefficient (Wildman–Crippen LogP) is 4.58. The van der Waals surface area contributed by atoms with Crippen LogP contribution in [0.4, 0.5) is 30.7 Å². The molecule has 0 aliphatic rings. The molecule has 0 fully saturated rings. The summed E-state index contributed by atoms with van der Waals surface area (Å²) in [6.07, 6.45) is -6.31. The fourth-order valence-corrected chi connectivity index (χ4v) is 1.79. The van der Waals surface area contributed by atoms with Crippen molar-refractivity contribution in [2.24, 2.45) is 0 Å². The van der Waals surface area contributed by atoms with Crippen molar-refractivity contribution >= 4 is 22.6 Å². The number of hydrogen-bond acceptors (Lipinski definition) is 0. The number of alkyl halides is 7. The average molecular weight is 372 g/mol. The predicted molar refractivity (Wildman–Crippen MR) is 54.1 cm³/mol. The molecule has 1 aromatic carbocycles. The van der Waals surface area contributed by atoms with E-state index in [1.165, 1.54) is 28.7 Å². The molecule has 0 saturated carbocycles. The van der Waals surface area contributed by atoms with Gasteiger partial charge < -0.3 is 0 Å². The molecule has 0 aliphatic heterocycles. The summed E-state index contributed by atoms with van der Waals surface area (Å²) in [6.45, 7) is 0. The Bertz CT molecular complexity index is 410. The molecule has 0 nitrogen and oxygen atoms in total. The van der Waals surface area contributed by atoms with Crippen LogP contribution in [0.25, 0.3) is 0 Å². The number of benzene rings is 1. The maximum atomic E-state index is 13.2. The maximum absolute atomic E-state index is 13.2. The lowest BCUT2D eigenvalue weighted by Gasteiger charge is -2.28. The van der Waals surface area contributed by atoms with E-state index < -0.39 is 23.6 Å². The highest BCUT2D eigenvalue weighted by atomic mass is 127. The van der Waals surface area contributed by atoms with Crippen molar-refractivity contribution in [2.45, 2.75) is 18.0 Å². The minimum atomic E-state index is -6.31. The molecular weight excluding hydrogens is 368 g/mol. The fourth-order valence-electron chi connectivity index (χ4n) is 1.06. The van der Waals surface area contributed by atoms with Crippen LogP contribution in [0.1, 0.15) is 5.56 Å². The van der Waals surface area contributed by atoms with Gasteiger partial charge in [-0.2, -0.15) is 30.7 Å². The van der Waals surface area contributed by atoms with Gasteiger partial charge in [0.15, 0.2) is 0 Å². The zero-order valence-electron chi connectivity index (χ0n) is 7.83. The van der Waals surface area contributed by atoms with Crippen LogP contribution in [0.5, 0.6) is 0 Å². The van der Waals surface area contributed by atoms with Gasteiger partial charge in [0.1, 0.15) is 0 Å². The van der Waals surface area contributed by atoms with Gasteiger partial charge in [-0.3, -0.25) is 0 Å². The minimum Gasteiger partial charge on any atom is -0.194 e. The Morgan fingerprint density at radius 3 is 1.71 bits per heavy atom. The van der Waals surface area contributed by atoms with Crippen molar-refractivity contribution in [3.63, 3.8) is 0 Å². The molecule has 0 amide bonds. The van der Waals surface area contributed by atoms with Gasteiger partial charge in [-0.05, 0) is 28.7 Å². The molecule has 0 radical (unpaired) electrons. The standard InChI is InChI=1S/C9H4F7I/c10-7(11,8(12,13)9(14,15)16)5-3-1-2-4-6(5)17/h1-4H. The van der Waals surface area contributed by atoms with Crippen LogP contribution < -0.4 is 0 Å². The Hall–Kier alpha value is -0.540. The van der Waals surface area contributed by atoms with Crippen molar-refractivity contribution in [1.29, 1.82) is 0 Å². The lowest BCUT2D eigenvalue weighted by Crippen LogP contribution is -2.50. The summed E-state index contributed by atoms with van der Waals surface area (Å²) in [4.78, 5) is 0. The number of halogens is 8. The molecule has 0 atom stereocenters. The molecule has 96 valence electrons. The topological polar surface area (TPSA) is 0 Å². The molecule has 0 aromatic heterocycles. The Kier molecular flexibility index (Phi) is 3.66. The Morgan fingerprint density at radius 2 is 1.29 bits per heavy atom. The summed E-state index contributed by atoms with van der Waals surface area (Å²) >= 11 is 1.27. The van der Waals surface area contributed by atoms with Gasteiger partial charge in [-0.1, -0.05) is 18.2 Å². The molecule has 17 heavy (non-hydrogen) atoms. The summed E-state index contributed by atoms with van der Waals surface area (Å²) < 4.78 is 87.2. The van der Waals surface area contributed by atoms with Crippen LogP contribution in [0, 0.1) is 3.57 Å². The second kappa shape index (κ2) is 4.29. The summed E-state index contributed by atoms with van der Waals surface area (Å²) in [5.74, 6) is -11.4. The van der Waals surface area contributed by atoms with E-state index >= 15 is 0 Å². The minimum absolute atomic E-state index is 0.362. The number of hydrogen-bond donors (Lipinski definition) is 0. The second-order valence-corrected chi connectivity index (χ2v) is 4.29. The van der Waals surface area contributed by atoms with Crippen LogP contribution in [-0.4, -0.2) is 12.1 Å². The molecule has 1 rings (SSSR count). The molecule has 0 spiro atoms. The maximum Gasteiger partial charge on any atom is 0.460 e. The van der Waals surface area contributed by atoms with Crippen molar-refractivity contribution < 1.29 is 30.7 Å². The van der Waals surface area contributed by atoms with Crippen molar-refractivity contribution in [3.05, 3.63) is 33.4 Å². The van der Waals surface area contributed by atoms with Crippen LogP contribution in [0.15, 0.2) is 24.3 Å². The first-order chi connectivity index (χ1) is 7.52. The van der Waals surface area contributed by atoms with Crippen molar-refractivity contribution in [3.8, 4) is 0 Å². The molecule has 0 N–H and O–H groups in total. The van der Waals surface area contributed by atoms with Gasteiger partial charge in [0, 0.05) is 9.13 Å². The molecular formula is C9H4F7I. The highest BCUT2D eigenvalue weighted by molar-refractivity contribution is 14.1. The van der Waals surface area contributed by atoms with E-state index in [1.54, 1.807) is 0 Å². The molecule has 0 saturated heterocycles. The molecule has 8 heteroatoms. The van der Waals surface area contributed by atoms with Gasteiger partial charge in [0.05, 0.1) is 0 Å². The van der Waals surface area contributed by atoms with E-state index in [4.69, 9.17) is 0 Å². The third-order valence-electron chi connectivity index (χ3n) is 1.96. The first-order valence-corrected chi connectivity index (χ1v) is 5.17. The lowest BCUT2D eigenvalue weighted by atomic mass is 10.0. The summed E-state index contributed by atoms with van der Waals surface area (Å²) in [7, 11) is 0. The van der Waals surface area contributed by atoms with Gasteiger partial charge in [-0.25, -0.2) is 0 Å². The zero-order chi connectivity index (χ0) is 13.5. The van der Waals surface area contributed by atoms with Crippen molar-refractivity contribution in [2.75, 3.05) is 0 Å². The van der Waals surface area contributed by atoms with E-state index in [0.717, 1.165) is 12.1 Å². The molecule has 0 aliphatic carbocycles. The van der Waals surface area contributed by atoms with Crippen LogP contribution in [-0.2, 0) is 5.92 Å². The molecule has 0 heterocycles. The van der Waals surface area contributed by atoms with Gasteiger partial charge in [-0.15, -0.1) is 0 Å². The zero-order valence-corrected chi connectivity index (χ0v) is 9.99. The molecule has 1 aromatic rings. The summed E-state index contributed by atoms with van der Waals surface area (Å²) in [5, 5.41) is 0. The van der Waals surface area contributed by atoms with Crippen molar-refractivity contribution in [1.82, 2.24) is 0 Å². The van der Waals surface area contributed by atoms with E-state index in [9.17, 15) is 30.7 Å². The average Bonchev–Trinajstić information content (AvgIpc) is 2.16. The summed E-state index contributed by atoms with van der Waals surface area (Å²) in [5.41, 5.74) is -1.34. The highest BCUT2D eigenvalue weighted by Crippen LogP contribution is 2.52. The Balaban J connectivity index is 3.34. The normalized spacial score (nSPS) is 13.9. The SMILES string of the molecule is FC(F)(F)C(F)(F)C(F)(F)c1ccccc1I. The Labute approximate surface area is 105 Å². The van der Waals surface area contributed by atoms with E-state index in [1.807, 2.05) is 0 Å². The largest absolute Gasteiger partial charge is 0.460 e. The van der Waals surface area contributed by atoms with Gasteiger partial charge in [0.2, 0.25) is 0 Å². The third-order valence-corrected chi connectivity index (χ3v) is 2.90. The number of rotatable bonds is 2. The second-order valence-electron chi connectivity index (χ2n) is 3.13. The third kappa shape index (κ3) is 2.36. The van der Waals surface area contributed by atoms with E-state index in [-0.39, 0.29) is 3.57 Å². The van der Waals surface area contributed by atoms with Crippen LogP contribution in [0.2, 0.25) is 0 Å². The Morgan fingerprint density at radius 1 is 0.824 bits per heavy atom. The first kappa shape index (κ1) is 14.5. The monoisotopic (exact) mass is 372 g/mol. The van der Waals surface area contributed by atoms with E-state index in [2.05, 4.69) is 0 Å². The van der Waals surface area contributed by atoms with Gasteiger partial charge in [0.25, 0.3) is 0 Å². The van der Waals surface area contributed by atoms with Gasteiger partial charge >= 0.3 is 18.0 Å². The molecule has 0 unspecified atom stereocenters. The fraction of sp³-hybridized carbons (Fsp3) is 0.333. The summed E-state index contributed by atoms with van der Waals surface area (Å²) in [6, 6.07) is 3.79. The smallest absolute Gasteiger partial charge is 0.194 e. The van der Waals surface area contributed by atoms with E-state index in [0.29, 0.717) is 6.07 Å². The molecule has 0 bridgehead atoms. The highest BCUT2D eigenvalue weighted by Gasteiger charge is 2.73. The first-order valence-electron chi connectivity index (χ1n) is 4.09. The van der Waals surface area contributed by atoms with Crippen LogP contribution in [0.3, 0.4) is 0 Å².